The minimum atomic E-state index is -0.485. The van der Waals surface area contributed by atoms with Crippen LogP contribution in [0.25, 0.3) is 0 Å². The van der Waals surface area contributed by atoms with Gasteiger partial charge in [0.25, 0.3) is 0 Å². The molecule has 0 aliphatic carbocycles. The van der Waals surface area contributed by atoms with E-state index in [4.69, 9.17) is 14.6 Å². The predicted molar refractivity (Wildman–Crippen MR) is 76.3 cm³/mol. The summed E-state index contributed by atoms with van der Waals surface area (Å²) < 4.78 is 10.5. The number of hydrogen-bond donors (Lipinski definition) is 2. The van der Waals surface area contributed by atoms with Crippen LogP contribution in [0.15, 0.2) is 0 Å². The molecule has 0 aliphatic rings. The zero-order valence-electron chi connectivity index (χ0n) is 13.0. The molecule has 116 valence electrons. The molecular formula is C14H31NO4. The van der Waals surface area contributed by atoms with Gasteiger partial charge in [-0.1, -0.05) is 0 Å². The Morgan fingerprint density at radius 1 is 0.842 bits per heavy atom. The number of nitrogens with zero attached hydrogens (tertiary/aromatic N) is 1. The standard InChI is InChI=1S/C14H31NO4/c1-11(2)15(12(3)4)8-14(17)10-19-7-6-18-9-13(5)16/h11-14,16-17H,6-10H2,1-5H3. The molecule has 0 heterocycles. The number of hydrogen-bond acceptors (Lipinski definition) is 5. The molecule has 0 rings (SSSR count). The second-order valence-electron chi connectivity index (χ2n) is 5.54. The average molecular weight is 277 g/mol. The van der Waals surface area contributed by atoms with Gasteiger partial charge in [-0.15, -0.1) is 0 Å². The summed E-state index contributed by atoms with van der Waals surface area (Å²) in [6.07, 6.45) is -0.933. The van der Waals surface area contributed by atoms with E-state index >= 15 is 0 Å². The van der Waals surface area contributed by atoms with Crippen molar-refractivity contribution in [1.29, 1.82) is 0 Å². The molecule has 0 aromatic heterocycles. The van der Waals surface area contributed by atoms with Crippen LogP contribution < -0.4 is 0 Å². The molecule has 0 radical (unpaired) electrons. The number of ether oxygens (including phenoxy) is 2. The fourth-order valence-corrected chi connectivity index (χ4v) is 1.91. The Morgan fingerprint density at radius 2 is 1.32 bits per heavy atom. The van der Waals surface area contributed by atoms with Gasteiger partial charge >= 0.3 is 0 Å². The quantitative estimate of drug-likeness (QED) is 0.549. The van der Waals surface area contributed by atoms with Gasteiger partial charge in [-0.05, 0) is 34.6 Å². The number of rotatable bonds is 11. The summed E-state index contributed by atoms with van der Waals surface area (Å²) in [6.45, 7) is 12.3. The maximum atomic E-state index is 9.91. The summed E-state index contributed by atoms with van der Waals surface area (Å²) in [5.41, 5.74) is 0. The Labute approximate surface area is 117 Å². The Kier molecular flexibility index (Phi) is 10.5. The molecule has 0 aliphatic heterocycles. The molecule has 5 nitrogen and oxygen atoms in total. The van der Waals surface area contributed by atoms with Crippen LogP contribution >= 0.6 is 0 Å². The molecule has 2 N–H and O–H groups in total. The summed E-state index contributed by atoms with van der Waals surface area (Å²) in [4.78, 5) is 2.23. The first-order valence-electron chi connectivity index (χ1n) is 7.12. The molecule has 0 aromatic rings. The van der Waals surface area contributed by atoms with Crippen molar-refractivity contribution in [3.05, 3.63) is 0 Å². The number of aliphatic hydroxyl groups excluding tert-OH is 2. The van der Waals surface area contributed by atoms with E-state index in [9.17, 15) is 5.11 Å². The fraction of sp³-hybridized carbons (Fsp3) is 1.00. The Bertz CT molecular complexity index is 202. The van der Waals surface area contributed by atoms with E-state index in [1.165, 1.54) is 0 Å². The van der Waals surface area contributed by atoms with Crippen molar-refractivity contribution in [1.82, 2.24) is 4.90 Å². The van der Waals surface area contributed by atoms with Crippen molar-refractivity contribution in [3.8, 4) is 0 Å². The SMILES string of the molecule is CC(O)COCCOCC(O)CN(C(C)C)C(C)C. The largest absolute Gasteiger partial charge is 0.391 e. The van der Waals surface area contributed by atoms with Gasteiger partial charge in [0, 0.05) is 18.6 Å². The van der Waals surface area contributed by atoms with Gasteiger partial charge in [0.15, 0.2) is 0 Å². The highest BCUT2D eigenvalue weighted by Crippen LogP contribution is 2.06. The van der Waals surface area contributed by atoms with Gasteiger partial charge in [0.05, 0.1) is 38.6 Å². The molecule has 0 amide bonds. The van der Waals surface area contributed by atoms with Crippen LogP contribution in [0.5, 0.6) is 0 Å². The normalized spacial score (nSPS) is 15.5. The lowest BCUT2D eigenvalue weighted by Gasteiger charge is -2.32. The lowest BCUT2D eigenvalue weighted by atomic mass is 10.2. The Hall–Kier alpha value is -0.200. The first-order valence-corrected chi connectivity index (χ1v) is 7.12. The third kappa shape index (κ3) is 10.3. The van der Waals surface area contributed by atoms with Gasteiger partial charge in [-0.2, -0.15) is 0 Å². The van der Waals surface area contributed by atoms with E-state index in [0.717, 1.165) is 0 Å². The topological polar surface area (TPSA) is 62.2 Å². The molecule has 0 saturated heterocycles. The average Bonchev–Trinajstić information content (AvgIpc) is 2.29. The number of aliphatic hydroxyl groups is 2. The molecular weight excluding hydrogens is 246 g/mol. The van der Waals surface area contributed by atoms with Crippen LogP contribution in [-0.4, -0.2) is 72.4 Å². The minimum Gasteiger partial charge on any atom is -0.391 e. The molecule has 19 heavy (non-hydrogen) atoms. The monoisotopic (exact) mass is 277 g/mol. The van der Waals surface area contributed by atoms with Crippen molar-refractivity contribution >= 4 is 0 Å². The Morgan fingerprint density at radius 3 is 1.74 bits per heavy atom. The smallest absolute Gasteiger partial charge is 0.0900 e. The highest BCUT2D eigenvalue weighted by molar-refractivity contribution is 4.71. The van der Waals surface area contributed by atoms with Crippen LogP contribution in [0.4, 0.5) is 0 Å². The summed E-state index contributed by atoms with van der Waals surface area (Å²) in [7, 11) is 0. The van der Waals surface area contributed by atoms with Gasteiger partial charge in [-0.3, -0.25) is 4.90 Å². The highest BCUT2D eigenvalue weighted by Gasteiger charge is 2.17. The molecule has 2 atom stereocenters. The lowest BCUT2D eigenvalue weighted by Crippen LogP contribution is -2.43. The summed E-state index contributed by atoms with van der Waals surface area (Å²) in [5, 5.41) is 18.9. The summed E-state index contributed by atoms with van der Waals surface area (Å²) >= 11 is 0. The van der Waals surface area contributed by atoms with Gasteiger partial charge in [0.1, 0.15) is 0 Å². The molecule has 0 spiro atoms. The third-order valence-electron chi connectivity index (χ3n) is 2.79. The van der Waals surface area contributed by atoms with E-state index in [0.29, 0.717) is 45.1 Å². The van der Waals surface area contributed by atoms with Gasteiger partial charge in [0.2, 0.25) is 0 Å². The summed E-state index contributed by atoms with van der Waals surface area (Å²) in [5.74, 6) is 0. The van der Waals surface area contributed by atoms with Crippen molar-refractivity contribution in [2.75, 3.05) is 33.0 Å². The van der Waals surface area contributed by atoms with Crippen LogP contribution in [-0.2, 0) is 9.47 Å². The fourth-order valence-electron chi connectivity index (χ4n) is 1.91. The van der Waals surface area contributed by atoms with E-state index in [-0.39, 0.29) is 0 Å². The molecule has 0 bridgehead atoms. The van der Waals surface area contributed by atoms with Gasteiger partial charge < -0.3 is 19.7 Å². The zero-order chi connectivity index (χ0) is 14.8. The third-order valence-corrected chi connectivity index (χ3v) is 2.79. The second-order valence-corrected chi connectivity index (χ2v) is 5.54. The summed E-state index contributed by atoms with van der Waals surface area (Å²) in [6, 6.07) is 0.813. The zero-order valence-corrected chi connectivity index (χ0v) is 13.0. The van der Waals surface area contributed by atoms with Crippen molar-refractivity contribution < 1.29 is 19.7 Å². The van der Waals surface area contributed by atoms with Crippen molar-refractivity contribution in [2.24, 2.45) is 0 Å². The van der Waals surface area contributed by atoms with Crippen molar-refractivity contribution in [2.45, 2.75) is 58.9 Å². The maximum absolute atomic E-state index is 9.91. The second kappa shape index (κ2) is 10.6. The predicted octanol–water partition coefficient (Wildman–Crippen LogP) is 0.880. The van der Waals surface area contributed by atoms with Crippen LogP contribution in [0, 0.1) is 0 Å². The molecule has 0 aromatic carbocycles. The van der Waals surface area contributed by atoms with E-state index in [2.05, 4.69) is 32.6 Å². The lowest BCUT2D eigenvalue weighted by molar-refractivity contribution is -0.0257. The Balaban J connectivity index is 3.65. The van der Waals surface area contributed by atoms with Gasteiger partial charge in [-0.25, -0.2) is 0 Å². The molecule has 2 unspecified atom stereocenters. The minimum absolute atomic E-state index is 0.313. The highest BCUT2D eigenvalue weighted by atomic mass is 16.5. The van der Waals surface area contributed by atoms with E-state index in [1.54, 1.807) is 6.92 Å². The van der Waals surface area contributed by atoms with Crippen molar-refractivity contribution in [3.63, 3.8) is 0 Å². The molecule has 0 saturated carbocycles. The maximum Gasteiger partial charge on any atom is 0.0900 e. The van der Waals surface area contributed by atoms with E-state index < -0.39 is 12.2 Å². The van der Waals surface area contributed by atoms with E-state index in [1.807, 2.05) is 0 Å². The van der Waals surface area contributed by atoms with Crippen LogP contribution in [0.3, 0.4) is 0 Å². The molecule has 5 heteroatoms. The first-order chi connectivity index (χ1) is 8.84. The van der Waals surface area contributed by atoms with Crippen LogP contribution in [0.1, 0.15) is 34.6 Å². The first kappa shape index (κ1) is 18.8. The molecule has 0 fully saturated rings. The van der Waals surface area contributed by atoms with Crippen LogP contribution in [0.2, 0.25) is 0 Å².